The van der Waals surface area contributed by atoms with Gasteiger partial charge in [0.05, 0.1) is 0 Å². The van der Waals surface area contributed by atoms with Crippen LogP contribution in [0.4, 0.5) is 0 Å². The molecule has 21 heavy (non-hydrogen) atoms. The maximum absolute atomic E-state index is 9.31. The van der Waals surface area contributed by atoms with E-state index in [1.165, 1.54) is 30.4 Å². The fourth-order valence-electron chi connectivity index (χ4n) is 3.13. The minimum atomic E-state index is 0.345. The standard InChI is InChI=1S/C18H23NOS/c1-13(5-6-14-7-9-15(20)10-8-14)19-17-3-2-4-18-16(17)11-12-21-18/h7-13,17,19-20H,2-6H2,1H3. The largest absolute Gasteiger partial charge is 0.508 e. The molecule has 0 radical (unpaired) electrons. The molecule has 1 aliphatic carbocycles. The maximum Gasteiger partial charge on any atom is 0.115 e. The predicted octanol–water partition coefficient (Wildman–Crippen LogP) is 4.44. The zero-order valence-electron chi connectivity index (χ0n) is 12.5. The van der Waals surface area contributed by atoms with Crippen molar-refractivity contribution in [2.75, 3.05) is 0 Å². The Kier molecular flexibility index (Phi) is 4.61. The summed E-state index contributed by atoms with van der Waals surface area (Å²) in [5.74, 6) is 0.345. The Hall–Kier alpha value is -1.32. The van der Waals surface area contributed by atoms with Crippen LogP contribution in [-0.4, -0.2) is 11.1 Å². The molecule has 112 valence electrons. The van der Waals surface area contributed by atoms with Crippen LogP contribution in [0.1, 0.15) is 48.2 Å². The van der Waals surface area contributed by atoms with Crippen molar-refractivity contribution >= 4 is 11.3 Å². The third-order valence-corrected chi connectivity index (χ3v) is 5.34. The second-order valence-electron chi connectivity index (χ2n) is 6.02. The molecule has 3 rings (SSSR count). The molecule has 0 amide bonds. The van der Waals surface area contributed by atoms with Crippen LogP contribution >= 0.6 is 11.3 Å². The molecule has 2 atom stereocenters. The Balaban J connectivity index is 1.53. The van der Waals surface area contributed by atoms with E-state index < -0.39 is 0 Å². The van der Waals surface area contributed by atoms with Crippen LogP contribution < -0.4 is 5.32 Å². The molecule has 0 saturated carbocycles. The van der Waals surface area contributed by atoms with Crippen molar-refractivity contribution in [3.63, 3.8) is 0 Å². The summed E-state index contributed by atoms with van der Waals surface area (Å²) < 4.78 is 0. The lowest BCUT2D eigenvalue weighted by molar-refractivity contribution is 0.398. The van der Waals surface area contributed by atoms with Crippen molar-refractivity contribution in [1.29, 1.82) is 0 Å². The first-order valence-corrected chi connectivity index (χ1v) is 8.70. The Labute approximate surface area is 130 Å². The summed E-state index contributed by atoms with van der Waals surface area (Å²) in [6, 6.07) is 10.9. The van der Waals surface area contributed by atoms with Crippen molar-refractivity contribution in [1.82, 2.24) is 5.32 Å². The first-order valence-electron chi connectivity index (χ1n) is 7.82. The number of aromatic hydroxyl groups is 1. The SMILES string of the molecule is CC(CCc1ccc(O)cc1)NC1CCCc2sccc21. The first kappa shape index (κ1) is 14.6. The minimum Gasteiger partial charge on any atom is -0.508 e. The van der Waals surface area contributed by atoms with Gasteiger partial charge in [-0.05, 0) is 73.7 Å². The molecule has 0 fully saturated rings. The molecule has 2 aromatic rings. The molecule has 1 aromatic heterocycles. The highest BCUT2D eigenvalue weighted by molar-refractivity contribution is 7.10. The molecule has 0 aliphatic heterocycles. The van der Waals surface area contributed by atoms with E-state index in [0.29, 0.717) is 17.8 Å². The topological polar surface area (TPSA) is 32.3 Å². The van der Waals surface area contributed by atoms with Gasteiger partial charge in [0, 0.05) is 17.0 Å². The number of benzene rings is 1. The zero-order chi connectivity index (χ0) is 14.7. The highest BCUT2D eigenvalue weighted by atomic mass is 32.1. The highest BCUT2D eigenvalue weighted by Gasteiger charge is 2.22. The molecular weight excluding hydrogens is 278 g/mol. The molecule has 0 saturated heterocycles. The van der Waals surface area contributed by atoms with E-state index in [0.717, 1.165) is 12.8 Å². The van der Waals surface area contributed by atoms with Crippen molar-refractivity contribution in [3.05, 3.63) is 51.7 Å². The van der Waals surface area contributed by atoms with Crippen LogP contribution in [-0.2, 0) is 12.8 Å². The molecule has 0 bridgehead atoms. The summed E-state index contributed by atoms with van der Waals surface area (Å²) in [6.45, 7) is 2.28. The van der Waals surface area contributed by atoms with Gasteiger partial charge < -0.3 is 10.4 Å². The Bertz CT molecular complexity index is 575. The summed E-state index contributed by atoms with van der Waals surface area (Å²) >= 11 is 1.90. The number of phenols is 1. The molecule has 1 aliphatic rings. The van der Waals surface area contributed by atoms with Crippen LogP contribution in [0.15, 0.2) is 35.7 Å². The van der Waals surface area contributed by atoms with Gasteiger partial charge in [0.25, 0.3) is 0 Å². The summed E-state index contributed by atoms with van der Waals surface area (Å²) in [4.78, 5) is 1.57. The Morgan fingerprint density at radius 3 is 2.90 bits per heavy atom. The zero-order valence-corrected chi connectivity index (χ0v) is 13.3. The van der Waals surface area contributed by atoms with Crippen molar-refractivity contribution in [3.8, 4) is 5.75 Å². The van der Waals surface area contributed by atoms with Gasteiger partial charge in [-0.1, -0.05) is 12.1 Å². The number of nitrogens with one attached hydrogen (secondary N) is 1. The summed E-state index contributed by atoms with van der Waals surface area (Å²) in [6.07, 6.45) is 5.99. The van der Waals surface area contributed by atoms with Crippen molar-refractivity contribution < 1.29 is 5.11 Å². The second-order valence-corrected chi connectivity index (χ2v) is 7.02. The van der Waals surface area contributed by atoms with Crippen LogP contribution in [0, 0.1) is 0 Å². The monoisotopic (exact) mass is 301 g/mol. The quantitative estimate of drug-likeness (QED) is 0.855. The van der Waals surface area contributed by atoms with Crippen molar-refractivity contribution in [2.45, 2.75) is 51.1 Å². The van der Waals surface area contributed by atoms with Gasteiger partial charge in [-0.15, -0.1) is 11.3 Å². The molecule has 0 spiro atoms. The number of hydrogen-bond donors (Lipinski definition) is 2. The lowest BCUT2D eigenvalue weighted by Crippen LogP contribution is -2.32. The number of aryl methyl sites for hydroxylation is 2. The molecule has 2 N–H and O–H groups in total. The lowest BCUT2D eigenvalue weighted by atomic mass is 9.93. The molecule has 3 heteroatoms. The summed E-state index contributed by atoms with van der Waals surface area (Å²) in [7, 11) is 0. The molecular formula is C18H23NOS. The third-order valence-electron chi connectivity index (χ3n) is 4.34. The Morgan fingerprint density at radius 2 is 2.10 bits per heavy atom. The van der Waals surface area contributed by atoms with Gasteiger partial charge in [0.15, 0.2) is 0 Å². The lowest BCUT2D eigenvalue weighted by Gasteiger charge is -2.27. The van der Waals surface area contributed by atoms with Gasteiger partial charge in [0.2, 0.25) is 0 Å². The number of rotatable bonds is 5. The summed E-state index contributed by atoms with van der Waals surface area (Å²) in [5.41, 5.74) is 2.82. The van der Waals surface area contributed by atoms with Crippen LogP contribution in [0.3, 0.4) is 0 Å². The fraction of sp³-hybridized carbons (Fsp3) is 0.444. The number of fused-ring (bicyclic) bond motifs is 1. The number of thiophene rings is 1. The highest BCUT2D eigenvalue weighted by Crippen LogP contribution is 2.33. The van der Waals surface area contributed by atoms with E-state index in [9.17, 15) is 5.11 Å². The van der Waals surface area contributed by atoms with Gasteiger partial charge in [-0.2, -0.15) is 0 Å². The Morgan fingerprint density at radius 1 is 1.29 bits per heavy atom. The van der Waals surface area contributed by atoms with Gasteiger partial charge in [0.1, 0.15) is 5.75 Å². The van der Waals surface area contributed by atoms with Crippen LogP contribution in [0.5, 0.6) is 5.75 Å². The van der Waals surface area contributed by atoms with E-state index in [1.807, 2.05) is 23.5 Å². The molecule has 2 nitrogen and oxygen atoms in total. The minimum absolute atomic E-state index is 0.345. The third kappa shape index (κ3) is 3.66. The van der Waals surface area contributed by atoms with Crippen LogP contribution in [0.2, 0.25) is 0 Å². The molecule has 2 unspecified atom stereocenters. The van der Waals surface area contributed by atoms with Crippen molar-refractivity contribution in [2.24, 2.45) is 0 Å². The number of hydrogen-bond acceptors (Lipinski definition) is 3. The second kappa shape index (κ2) is 6.63. The van der Waals surface area contributed by atoms with Gasteiger partial charge >= 0.3 is 0 Å². The molecule has 1 heterocycles. The van der Waals surface area contributed by atoms with E-state index in [4.69, 9.17) is 0 Å². The van der Waals surface area contributed by atoms with Crippen LogP contribution in [0.25, 0.3) is 0 Å². The first-order chi connectivity index (χ1) is 10.2. The number of phenolic OH excluding ortho intramolecular Hbond substituents is 1. The van der Waals surface area contributed by atoms with Gasteiger partial charge in [-0.25, -0.2) is 0 Å². The van der Waals surface area contributed by atoms with E-state index in [-0.39, 0.29) is 0 Å². The maximum atomic E-state index is 9.31. The molecule has 1 aromatic carbocycles. The predicted molar refractivity (Wildman–Crippen MR) is 89.0 cm³/mol. The van der Waals surface area contributed by atoms with E-state index in [1.54, 1.807) is 17.0 Å². The average molecular weight is 301 g/mol. The van der Waals surface area contributed by atoms with E-state index >= 15 is 0 Å². The summed E-state index contributed by atoms with van der Waals surface area (Å²) in [5, 5.41) is 15.3. The average Bonchev–Trinajstić information content (AvgIpc) is 2.96. The van der Waals surface area contributed by atoms with Gasteiger partial charge in [-0.3, -0.25) is 0 Å². The smallest absolute Gasteiger partial charge is 0.115 e. The fourth-order valence-corrected chi connectivity index (χ4v) is 4.12. The van der Waals surface area contributed by atoms with E-state index in [2.05, 4.69) is 23.7 Å². The normalized spacial score (nSPS) is 19.2.